The average molecular weight is 1150 g/mol. The van der Waals surface area contributed by atoms with Gasteiger partial charge in [-0.15, -0.1) is 0 Å². The van der Waals surface area contributed by atoms with E-state index in [9.17, 15) is 9.90 Å². The van der Waals surface area contributed by atoms with Crippen LogP contribution in [0.3, 0.4) is 0 Å². The minimum atomic E-state index is -2.12. The summed E-state index contributed by atoms with van der Waals surface area (Å²) in [6, 6.07) is 9.48. The molecular formula is C62H112O13Si3. The van der Waals surface area contributed by atoms with Crippen LogP contribution in [0.25, 0.3) is 0 Å². The van der Waals surface area contributed by atoms with Crippen molar-refractivity contribution in [1.29, 1.82) is 0 Å². The summed E-state index contributed by atoms with van der Waals surface area (Å²) in [6.07, 6.45) is 9.89. The van der Waals surface area contributed by atoms with Gasteiger partial charge in [0.15, 0.2) is 25.0 Å². The second-order valence-electron chi connectivity index (χ2n) is 24.5. The average Bonchev–Trinajstić information content (AvgIpc) is 3.83. The second-order valence-corrected chi connectivity index (χ2v) is 38.7. The summed E-state index contributed by atoms with van der Waals surface area (Å²) in [5.41, 5.74) is 2.23. The highest BCUT2D eigenvalue weighted by molar-refractivity contribution is 6.74. The van der Waals surface area contributed by atoms with Crippen LogP contribution >= 0.6 is 0 Å². The largest absolute Gasteiger partial charge is 0.456 e. The van der Waals surface area contributed by atoms with Crippen LogP contribution in [0, 0.1) is 11.8 Å². The highest BCUT2D eigenvalue weighted by Gasteiger charge is 2.54. The molecule has 78 heavy (non-hydrogen) atoms. The smallest absolute Gasteiger partial charge is 0.330 e. The number of hydrogen-bond donors (Lipinski definition) is 1. The van der Waals surface area contributed by atoms with E-state index in [1.165, 1.54) is 0 Å². The van der Waals surface area contributed by atoms with Crippen molar-refractivity contribution in [2.75, 3.05) is 26.4 Å². The molecule has 0 spiro atoms. The maximum atomic E-state index is 14.4. The van der Waals surface area contributed by atoms with Crippen LogP contribution in [0.15, 0.2) is 36.5 Å². The fourth-order valence-corrected chi connectivity index (χ4v) is 22.4. The summed E-state index contributed by atoms with van der Waals surface area (Å²) in [4.78, 5) is 14.4. The van der Waals surface area contributed by atoms with Crippen molar-refractivity contribution >= 4 is 30.9 Å². The lowest BCUT2D eigenvalue weighted by Crippen LogP contribution is -2.62. The van der Waals surface area contributed by atoms with Crippen LogP contribution in [0.4, 0.5) is 0 Å². The number of fused-ring (bicyclic) bond motifs is 8. The molecule has 6 bridgehead atoms. The first-order valence-corrected chi connectivity index (χ1v) is 39.4. The Hall–Kier alpha value is -1.10. The van der Waals surface area contributed by atoms with Crippen molar-refractivity contribution in [3.8, 4) is 0 Å². The van der Waals surface area contributed by atoms with Crippen molar-refractivity contribution in [3.05, 3.63) is 36.5 Å². The zero-order valence-corrected chi connectivity index (χ0v) is 54.1. The van der Waals surface area contributed by atoms with Crippen LogP contribution in [0.5, 0.6) is 0 Å². The van der Waals surface area contributed by atoms with E-state index in [2.05, 4.69) is 96.2 Å². The number of carbonyl (C=O) groups excluding carboxylic acids is 1. The predicted octanol–water partition coefficient (Wildman–Crippen LogP) is 13.3. The van der Waals surface area contributed by atoms with Gasteiger partial charge in [-0.2, -0.15) is 0 Å². The standard InChI is InChI=1S/C62H112O13Si3/c1-15-76(16-2,17-3)67-37-33-51-55(74-77(18-4,19-5)20-6)42-58-60(72-51)46(13)61-57(71-58)40-53-45(12)43(10)38-49(69-53)31-32-50-44(11)39-48(68-50)28-26-35-66-56-41-54(47(14)65-36-27-34-63)70-52(29-24-25-30-59(64)73-61)62(56)75-78(21-7,22-8)23-9/h25,30,43,46-58,60-63H,11-12,15-24,26-29,31-42H2,1-10,13-14H3/b30-25+/t43?,46-,47?,48?,49?,50?,51?,52?,53?,54+,55?,56?,57-,58?,60?,61?,62?/m0/s1. The van der Waals surface area contributed by atoms with Gasteiger partial charge < -0.3 is 56.3 Å². The van der Waals surface area contributed by atoms with E-state index < -0.39 is 43.1 Å². The molecule has 5 fully saturated rings. The minimum absolute atomic E-state index is 0.0149. The molecule has 0 radical (unpaired) electrons. The van der Waals surface area contributed by atoms with Crippen molar-refractivity contribution in [2.45, 2.75) is 313 Å². The first kappa shape index (κ1) is 66.0. The van der Waals surface area contributed by atoms with Gasteiger partial charge in [0.2, 0.25) is 0 Å². The van der Waals surface area contributed by atoms with Gasteiger partial charge >= 0.3 is 5.97 Å². The van der Waals surface area contributed by atoms with Gasteiger partial charge in [-0.1, -0.05) is 95.4 Å². The Morgan fingerprint density at radius 3 is 2.00 bits per heavy atom. The predicted molar refractivity (Wildman–Crippen MR) is 318 cm³/mol. The topological polar surface area (TPSA) is 139 Å². The number of aliphatic hydroxyl groups excluding tert-OH is 1. The van der Waals surface area contributed by atoms with Gasteiger partial charge in [0.25, 0.3) is 0 Å². The highest BCUT2D eigenvalue weighted by atomic mass is 28.4. The van der Waals surface area contributed by atoms with Gasteiger partial charge in [-0.3, -0.25) is 0 Å². The molecular weight excluding hydrogens is 1040 g/mol. The summed E-state index contributed by atoms with van der Waals surface area (Å²) in [5.74, 6) is -0.325. The molecule has 6 heterocycles. The maximum absolute atomic E-state index is 14.4. The van der Waals surface area contributed by atoms with E-state index in [1.807, 2.05) is 6.08 Å². The number of rotatable bonds is 22. The summed E-state index contributed by atoms with van der Waals surface area (Å²) in [5, 5.41) is 9.56. The zero-order valence-electron chi connectivity index (χ0n) is 51.1. The monoisotopic (exact) mass is 1150 g/mol. The second kappa shape index (κ2) is 31.7. The summed E-state index contributed by atoms with van der Waals surface area (Å²) in [7, 11) is -6.00. The van der Waals surface area contributed by atoms with Gasteiger partial charge in [0.1, 0.15) is 6.10 Å². The Kier molecular flexibility index (Phi) is 26.8. The normalized spacial score (nSPS) is 36.0. The Balaban J connectivity index is 1.31. The van der Waals surface area contributed by atoms with E-state index in [0.717, 1.165) is 110 Å². The molecule has 0 aliphatic carbocycles. The molecule has 17 atom stereocenters. The van der Waals surface area contributed by atoms with Crippen molar-refractivity contribution < 1.29 is 61.1 Å². The van der Waals surface area contributed by atoms with Gasteiger partial charge in [0, 0.05) is 57.7 Å². The molecule has 0 saturated carbocycles. The summed E-state index contributed by atoms with van der Waals surface area (Å²) >= 11 is 0. The van der Waals surface area contributed by atoms with Crippen LogP contribution < -0.4 is 0 Å². The van der Waals surface area contributed by atoms with Crippen LogP contribution in [0.1, 0.15) is 167 Å². The number of ether oxygens (including phenoxy) is 8. The molecule has 14 unspecified atom stereocenters. The summed E-state index contributed by atoms with van der Waals surface area (Å²) in [6.45, 7) is 38.0. The molecule has 0 aromatic carbocycles. The molecule has 6 aliphatic heterocycles. The lowest BCUT2D eigenvalue weighted by molar-refractivity contribution is -0.270. The van der Waals surface area contributed by atoms with E-state index in [1.54, 1.807) is 6.08 Å². The molecule has 13 nitrogen and oxygen atoms in total. The SMILES string of the molecule is C=C1CC2CCCOC3C[C@H](C(C)OCCCO)OC(CC/C=C/C(=O)OC4[C@@H](C)C5OC(CCO[Si](CC)(CC)CC)C(O[Si](CC)(CC)CC)CC5O[C@H]4CC4OC(CCC1O2)CC(C)C4=C)C3O[Si](CC)(CC)CC. The van der Waals surface area contributed by atoms with Crippen LogP contribution in [-0.2, 0) is 56.0 Å². The number of carbonyl (C=O) groups is 1. The van der Waals surface area contributed by atoms with E-state index >= 15 is 0 Å². The fourth-order valence-electron chi connectivity index (χ4n) is 14.0. The van der Waals surface area contributed by atoms with Gasteiger partial charge in [0.05, 0.1) is 85.5 Å². The Bertz CT molecular complexity index is 1820. The van der Waals surface area contributed by atoms with Gasteiger partial charge in [-0.05, 0) is 143 Å². The quantitative estimate of drug-likeness (QED) is 0.0477. The molecule has 6 aliphatic rings. The molecule has 0 aromatic rings. The highest BCUT2D eigenvalue weighted by Crippen LogP contribution is 2.44. The molecule has 5 saturated heterocycles. The molecule has 16 heteroatoms. The molecule has 6 rings (SSSR count). The fraction of sp³-hybridized carbons (Fsp3) is 0.887. The first-order valence-electron chi connectivity index (χ1n) is 31.9. The zero-order chi connectivity index (χ0) is 56.6. The number of esters is 1. The number of aliphatic hydroxyl groups is 1. The molecule has 0 aromatic heterocycles. The Morgan fingerprint density at radius 1 is 0.679 bits per heavy atom. The number of hydrogen-bond acceptors (Lipinski definition) is 13. The number of allylic oxidation sites excluding steroid dienone is 1. The lowest BCUT2D eigenvalue weighted by atomic mass is 9.79. The maximum Gasteiger partial charge on any atom is 0.330 e. The minimum Gasteiger partial charge on any atom is -0.456 e. The van der Waals surface area contributed by atoms with E-state index in [4.69, 9.17) is 51.2 Å². The first-order chi connectivity index (χ1) is 37.5. The third-order valence-corrected chi connectivity index (χ3v) is 34.1. The van der Waals surface area contributed by atoms with Crippen molar-refractivity contribution in [3.63, 3.8) is 0 Å². The third-order valence-electron chi connectivity index (χ3n) is 20.1. The van der Waals surface area contributed by atoms with E-state index in [-0.39, 0.29) is 97.8 Å². The molecule has 1 N–H and O–H groups in total. The summed E-state index contributed by atoms with van der Waals surface area (Å²) < 4.78 is 77.0. The van der Waals surface area contributed by atoms with Gasteiger partial charge in [-0.25, -0.2) is 4.79 Å². The van der Waals surface area contributed by atoms with Crippen molar-refractivity contribution in [1.82, 2.24) is 0 Å². The Labute approximate surface area is 477 Å². The van der Waals surface area contributed by atoms with Crippen LogP contribution in [-0.4, -0.2) is 154 Å². The molecule has 450 valence electrons. The lowest BCUT2D eigenvalue weighted by Gasteiger charge is -2.52. The van der Waals surface area contributed by atoms with E-state index in [0.29, 0.717) is 58.3 Å². The van der Waals surface area contributed by atoms with Crippen LogP contribution in [0.2, 0.25) is 54.4 Å². The van der Waals surface area contributed by atoms with Crippen molar-refractivity contribution in [2.24, 2.45) is 11.8 Å². The Morgan fingerprint density at radius 2 is 1.33 bits per heavy atom. The molecule has 0 amide bonds. The third kappa shape index (κ3) is 17.0.